The first-order valence-corrected chi connectivity index (χ1v) is 5.55. The van der Waals surface area contributed by atoms with E-state index in [4.69, 9.17) is 5.26 Å². The van der Waals surface area contributed by atoms with Crippen molar-refractivity contribution in [3.05, 3.63) is 24.4 Å². The molecule has 0 aliphatic carbocycles. The number of aromatic nitrogens is 1. The first-order valence-electron chi connectivity index (χ1n) is 5.55. The van der Waals surface area contributed by atoms with Crippen LogP contribution >= 0.6 is 0 Å². The van der Waals surface area contributed by atoms with Crippen molar-refractivity contribution in [3.63, 3.8) is 0 Å². The zero-order valence-electron chi connectivity index (χ0n) is 9.13. The summed E-state index contributed by atoms with van der Waals surface area (Å²) in [4.78, 5) is 10.4. The molecule has 0 N–H and O–H groups in total. The van der Waals surface area contributed by atoms with Crippen LogP contribution in [0.1, 0.15) is 19.3 Å². The predicted molar refractivity (Wildman–Crippen MR) is 62.4 cm³/mol. The lowest BCUT2D eigenvalue weighted by molar-refractivity contribution is 0.344. The van der Waals surface area contributed by atoms with Gasteiger partial charge in [0.05, 0.1) is 0 Å². The number of rotatable bonds is 1. The first-order chi connectivity index (χ1) is 7.90. The Hall–Kier alpha value is -1.89. The van der Waals surface area contributed by atoms with Crippen molar-refractivity contribution in [1.29, 1.82) is 5.26 Å². The second kappa shape index (κ2) is 5.26. The van der Waals surface area contributed by atoms with Gasteiger partial charge in [0.15, 0.2) is 5.82 Å². The molecule has 0 bridgehead atoms. The maximum Gasteiger partial charge on any atom is 0.210 e. The van der Waals surface area contributed by atoms with Crippen molar-refractivity contribution in [2.75, 3.05) is 13.1 Å². The molecule has 16 heavy (non-hydrogen) atoms. The van der Waals surface area contributed by atoms with Gasteiger partial charge >= 0.3 is 0 Å². The smallest absolute Gasteiger partial charge is 0.210 e. The van der Waals surface area contributed by atoms with Gasteiger partial charge in [0.2, 0.25) is 5.84 Å². The van der Waals surface area contributed by atoms with Gasteiger partial charge in [-0.25, -0.2) is 9.98 Å². The van der Waals surface area contributed by atoms with Crippen LogP contribution in [-0.2, 0) is 0 Å². The number of amidine groups is 1. The quantitative estimate of drug-likeness (QED) is 0.531. The highest BCUT2D eigenvalue weighted by molar-refractivity contribution is 5.97. The van der Waals surface area contributed by atoms with Gasteiger partial charge in [-0.15, -0.1) is 0 Å². The molecule has 1 fully saturated rings. The zero-order valence-corrected chi connectivity index (χ0v) is 9.13. The molecule has 1 aliphatic rings. The van der Waals surface area contributed by atoms with Crippen LogP contribution in [0.3, 0.4) is 0 Å². The molecule has 2 rings (SSSR count). The van der Waals surface area contributed by atoms with E-state index in [2.05, 4.69) is 16.0 Å². The van der Waals surface area contributed by atoms with E-state index in [0.717, 1.165) is 25.9 Å². The Morgan fingerprint density at radius 2 is 2.12 bits per heavy atom. The van der Waals surface area contributed by atoms with Crippen molar-refractivity contribution in [2.24, 2.45) is 4.99 Å². The minimum atomic E-state index is 0.485. The summed E-state index contributed by atoms with van der Waals surface area (Å²) in [6.45, 7) is 1.86. The second-order valence-electron chi connectivity index (χ2n) is 3.78. The number of hydrogen-bond donors (Lipinski definition) is 0. The highest BCUT2D eigenvalue weighted by atomic mass is 15.2. The Morgan fingerprint density at radius 3 is 2.75 bits per heavy atom. The molecular weight excluding hydrogens is 200 g/mol. The SMILES string of the molecule is N#CC(=Nc1ccccn1)N1CCCCC1. The number of piperidine rings is 1. The lowest BCUT2D eigenvalue weighted by Gasteiger charge is -2.26. The van der Waals surface area contributed by atoms with Crippen LogP contribution in [0.25, 0.3) is 0 Å². The monoisotopic (exact) mass is 214 g/mol. The molecule has 0 atom stereocenters. The minimum Gasteiger partial charge on any atom is -0.348 e. The third-order valence-electron chi connectivity index (χ3n) is 2.63. The highest BCUT2D eigenvalue weighted by Gasteiger charge is 2.14. The summed E-state index contributed by atoms with van der Waals surface area (Å²) in [5, 5.41) is 9.09. The van der Waals surface area contributed by atoms with Gasteiger partial charge in [0.25, 0.3) is 0 Å². The molecule has 4 nitrogen and oxygen atoms in total. The van der Waals surface area contributed by atoms with Gasteiger partial charge in [0.1, 0.15) is 6.07 Å². The maximum absolute atomic E-state index is 9.09. The van der Waals surface area contributed by atoms with Crippen molar-refractivity contribution < 1.29 is 0 Å². The van der Waals surface area contributed by atoms with Gasteiger partial charge in [0, 0.05) is 19.3 Å². The lowest BCUT2D eigenvalue weighted by atomic mass is 10.1. The van der Waals surface area contributed by atoms with Crippen molar-refractivity contribution in [1.82, 2.24) is 9.88 Å². The summed E-state index contributed by atoms with van der Waals surface area (Å²) in [6.07, 6.45) is 5.22. The topological polar surface area (TPSA) is 52.3 Å². The van der Waals surface area contributed by atoms with Crippen LogP contribution in [0.15, 0.2) is 29.4 Å². The molecule has 0 unspecified atom stereocenters. The molecule has 82 valence electrons. The molecule has 0 aromatic carbocycles. The number of hydrogen-bond acceptors (Lipinski definition) is 3. The molecule has 1 aromatic heterocycles. The van der Waals surface area contributed by atoms with E-state index in [1.807, 2.05) is 17.0 Å². The summed E-state index contributed by atoms with van der Waals surface area (Å²) >= 11 is 0. The van der Waals surface area contributed by atoms with E-state index in [9.17, 15) is 0 Å². The van der Waals surface area contributed by atoms with E-state index in [1.165, 1.54) is 6.42 Å². The predicted octanol–water partition coefficient (Wildman–Crippen LogP) is 2.12. The van der Waals surface area contributed by atoms with Crippen molar-refractivity contribution in [2.45, 2.75) is 19.3 Å². The summed E-state index contributed by atoms with van der Waals surface area (Å²) in [5.74, 6) is 1.09. The molecule has 0 radical (unpaired) electrons. The Balaban J connectivity index is 2.16. The second-order valence-corrected chi connectivity index (χ2v) is 3.78. The fourth-order valence-corrected chi connectivity index (χ4v) is 1.80. The van der Waals surface area contributed by atoms with Crippen LogP contribution in [0, 0.1) is 11.3 Å². The summed E-state index contributed by atoms with van der Waals surface area (Å²) in [5.41, 5.74) is 0. The van der Waals surface area contributed by atoms with Crippen LogP contribution < -0.4 is 0 Å². The van der Waals surface area contributed by atoms with E-state index in [1.54, 1.807) is 12.3 Å². The molecule has 0 saturated carbocycles. The van der Waals surface area contributed by atoms with Gasteiger partial charge in [-0.2, -0.15) is 5.26 Å². The van der Waals surface area contributed by atoms with Crippen molar-refractivity contribution in [3.8, 4) is 6.07 Å². The number of aliphatic imine (C=N–C) groups is 1. The Labute approximate surface area is 95.2 Å². The van der Waals surface area contributed by atoms with Crippen LogP contribution in [0.4, 0.5) is 5.82 Å². The summed E-state index contributed by atoms with van der Waals surface area (Å²) in [6, 6.07) is 7.67. The summed E-state index contributed by atoms with van der Waals surface area (Å²) < 4.78 is 0. The molecule has 0 spiro atoms. The van der Waals surface area contributed by atoms with E-state index < -0.39 is 0 Å². The van der Waals surface area contributed by atoms with Crippen LogP contribution in [0.2, 0.25) is 0 Å². The lowest BCUT2D eigenvalue weighted by Crippen LogP contribution is -2.34. The molecule has 1 aliphatic heterocycles. The maximum atomic E-state index is 9.09. The van der Waals surface area contributed by atoms with Gasteiger partial charge in [-0.05, 0) is 31.4 Å². The zero-order chi connectivity index (χ0) is 11.2. The third-order valence-corrected chi connectivity index (χ3v) is 2.63. The fraction of sp³-hybridized carbons (Fsp3) is 0.417. The molecule has 4 heteroatoms. The minimum absolute atomic E-state index is 0.485. The average Bonchev–Trinajstić information content (AvgIpc) is 2.38. The van der Waals surface area contributed by atoms with Gasteiger partial charge in [-0.3, -0.25) is 0 Å². The number of nitrogens with zero attached hydrogens (tertiary/aromatic N) is 4. The molecule has 1 aromatic rings. The highest BCUT2D eigenvalue weighted by Crippen LogP contribution is 2.12. The fourth-order valence-electron chi connectivity index (χ4n) is 1.80. The number of likely N-dealkylation sites (tertiary alicyclic amines) is 1. The normalized spacial score (nSPS) is 16.9. The molecule has 2 heterocycles. The van der Waals surface area contributed by atoms with E-state index in [-0.39, 0.29) is 0 Å². The van der Waals surface area contributed by atoms with Crippen molar-refractivity contribution >= 4 is 11.7 Å². The largest absolute Gasteiger partial charge is 0.348 e. The Kier molecular flexibility index (Phi) is 3.50. The Morgan fingerprint density at radius 1 is 1.31 bits per heavy atom. The van der Waals surface area contributed by atoms with Crippen LogP contribution in [-0.4, -0.2) is 28.8 Å². The van der Waals surface area contributed by atoms with Crippen LogP contribution in [0.5, 0.6) is 0 Å². The standard InChI is InChI=1S/C12H14N4/c13-10-12(16-8-4-1-5-9-16)15-11-6-2-3-7-14-11/h2-3,6-7H,1,4-5,8-9H2. The molecule has 1 saturated heterocycles. The Bertz CT molecular complexity index is 399. The number of nitriles is 1. The molecule has 0 amide bonds. The van der Waals surface area contributed by atoms with Gasteiger partial charge < -0.3 is 4.90 Å². The average molecular weight is 214 g/mol. The number of pyridine rings is 1. The van der Waals surface area contributed by atoms with E-state index >= 15 is 0 Å². The first kappa shape index (κ1) is 10.6. The van der Waals surface area contributed by atoms with Gasteiger partial charge in [-0.1, -0.05) is 6.07 Å². The third kappa shape index (κ3) is 2.57. The van der Waals surface area contributed by atoms with E-state index in [0.29, 0.717) is 11.7 Å². The summed E-state index contributed by atoms with van der Waals surface area (Å²) in [7, 11) is 0. The molecular formula is C12H14N4.